The number of rotatable bonds is 3. The molecule has 3 aromatic rings. The van der Waals surface area contributed by atoms with Gasteiger partial charge in [-0.05, 0) is 47.9 Å². The van der Waals surface area contributed by atoms with Crippen LogP contribution in [-0.2, 0) is 0 Å². The Balaban J connectivity index is 1.92. The molecule has 0 aliphatic rings. The number of hydrogen-bond acceptors (Lipinski definition) is 2. The molecular formula is C20H20N2. The van der Waals surface area contributed by atoms with Gasteiger partial charge < -0.3 is 4.90 Å². The molecule has 22 heavy (non-hydrogen) atoms. The van der Waals surface area contributed by atoms with E-state index in [1.807, 2.05) is 6.20 Å². The summed E-state index contributed by atoms with van der Waals surface area (Å²) in [5.74, 6) is 0. The quantitative estimate of drug-likeness (QED) is 0.689. The fourth-order valence-electron chi connectivity index (χ4n) is 2.50. The zero-order chi connectivity index (χ0) is 15.5. The fraction of sp³-hybridized carbons (Fsp3) is 0.150. The molecule has 0 saturated carbocycles. The summed E-state index contributed by atoms with van der Waals surface area (Å²) in [4.78, 5) is 6.55. The lowest BCUT2D eigenvalue weighted by molar-refractivity contribution is 1.13. The normalized spacial score (nSPS) is 11.2. The lowest BCUT2D eigenvalue weighted by atomic mass is 10.1. The number of aryl methyl sites for hydroxylation is 1. The minimum absolute atomic E-state index is 1.05. The van der Waals surface area contributed by atoms with E-state index in [4.69, 9.17) is 0 Å². The van der Waals surface area contributed by atoms with Gasteiger partial charge >= 0.3 is 0 Å². The van der Waals surface area contributed by atoms with Crippen molar-refractivity contribution < 1.29 is 0 Å². The van der Waals surface area contributed by atoms with Gasteiger partial charge in [-0.3, -0.25) is 4.98 Å². The molecule has 2 nitrogen and oxygen atoms in total. The third-order valence-corrected chi connectivity index (χ3v) is 3.80. The predicted octanol–water partition coefficient (Wildman–Crippen LogP) is 4.78. The van der Waals surface area contributed by atoms with Gasteiger partial charge in [-0.15, -0.1) is 0 Å². The number of anilines is 1. The van der Waals surface area contributed by atoms with Crippen LogP contribution in [0.25, 0.3) is 23.1 Å². The summed E-state index contributed by atoms with van der Waals surface area (Å²) in [7, 11) is 4.10. The largest absolute Gasteiger partial charge is 0.378 e. The van der Waals surface area contributed by atoms with Crippen LogP contribution in [0.2, 0.25) is 0 Å². The van der Waals surface area contributed by atoms with Crippen LogP contribution in [0, 0.1) is 6.92 Å². The fourth-order valence-corrected chi connectivity index (χ4v) is 2.50. The van der Waals surface area contributed by atoms with Crippen LogP contribution in [0.4, 0.5) is 5.69 Å². The molecule has 110 valence electrons. The highest BCUT2D eigenvalue weighted by Gasteiger charge is 1.99. The number of benzene rings is 2. The van der Waals surface area contributed by atoms with Crippen molar-refractivity contribution in [2.45, 2.75) is 6.92 Å². The molecule has 0 unspecified atom stereocenters. The summed E-state index contributed by atoms with van der Waals surface area (Å²) in [5.41, 5.74) is 5.89. The van der Waals surface area contributed by atoms with E-state index >= 15 is 0 Å². The highest BCUT2D eigenvalue weighted by atomic mass is 15.1. The van der Waals surface area contributed by atoms with Gasteiger partial charge in [0.05, 0.1) is 5.52 Å². The summed E-state index contributed by atoms with van der Waals surface area (Å²) in [6, 6.07) is 17.0. The topological polar surface area (TPSA) is 16.1 Å². The second-order valence-electron chi connectivity index (χ2n) is 5.74. The summed E-state index contributed by atoms with van der Waals surface area (Å²) in [5, 5.41) is 1.19. The molecular weight excluding hydrogens is 268 g/mol. The van der Waals surface area contributed by atoms with Crippen LogP contribution in [0.5, 0.6) is 0 Å². The van der Waals surface area contributed by atoms with E-state index in [9.17, 15) is 0 Å². The molecule has 0 saturated heterocycles. The second kappa shape index (κ2) is 6.02. The number of pyridine rings is 1. The van der Waals surface area contributed by atoms with E-state index in [0.717, 1.165) is 5.52 Å². The molecule has 0 aliphatic carbocycles. The van der Waals surface area contributed by atoms with Gasteiger partial charge in [-0.1, -0.05) is 36.4 Å². The average molecular weight is 288 g/mol. The van der Waals surface area contributed by atoms with Crippen molar-refractivity contribution in [3.8, 4) is 0 Å². The Morgan fingerprint density at radius 2 is 1.68 bits per heavy atom. The summed E-state index contributed by atoms with van der Waals surface area (Å²) >= 11 is 0. The molecule has 1 heterocycles. The summed E-state index contributed by atoms with van der Waals surface area (Å²) < 4.78 is 0. The molecule has 1 aromatic heterocycles. The summed E-state index contributed by atoms with van der Waals surface area (Å²) in [6.07, 6.45) is 6.18. The highest BCUT2D eigenvalue weighted by molar-refractivity contribution is 5.90. The minimum Gasteiger partial charge on any atom is -0.378 e. The zero-order valence-electron chi connectivity index (χ0n) is 13.2. The predicted molar refractivity (Wildman–Crippen MR) is 96.2 cm³/mol. The molecule has 0 bridgehead atoms. The maximum absolute atomic E-state index is 4.45. The smallest absolute Gasteiger partial charge is 0.0710 e. The van der Waals surface area contributed by atoms with E-state index in [0.29, 0.717) is 0 Å². The monoisotopic (exact) mass is 288 g/mol. The van der Waals surface area contributed by atoms with Gasteiger partial charge in [0.25, 0.3) is 0 Å². The van der Waals surface area contributed by atoms with Crippen LogP contribution < -0.4 is 4.90 Å². The molecule has 2 heteroatoms. The van der Waals surface area contributed by atoms with Gasteiger partial charge in [0.2, 0.25) is 0 Å². The first-order chi connectivity index (χ1) is 10.6. The third kappa shape index (κ3) is 3.01. The first-order valence-corrected chi connectivity index (χ1v) is 7.44. The maximum Gasteiger partial charge on any atom is 0.0710 e. The molecule has 0 radical (unpaired) electrons. The first-order valence-electron chi connectivity index (χ1n) is 7.44. The zero-order valence-corrected chi connectivity index (χ0v) is 13.2. The SMILES string of the molecule is Cc1ccc2c(/C=C\c3ccc(N(C)C)cc3)ccnc2c1. The lowest BCUT2D eigenvalue weighted by Gasteiger charge is -2.11. The lowest BCUT2D eigenvalue weighted by Crippen LogP contribution is -2.07. The maximum atomic E-state index is 4.45. The van der Waals surface area contributed by atoms with Crippen molar-refractivity contribution in [3.63, 3.8) is 0 Å². The van der Waals surface area contributed by atoms with Crippen molar-refractivity contribution >= 4 is 28.7 Å². The van der Waals surface area contributed by atoms with E-state index in [1.165, 1.54) is 27.8 Å². The Kier molecular flexibility index (Phi) is 3.92. The first kappa shape index (κ1) is 14.3. The van der Waals surface area contributed by atoms with Crippen molar-refractivity contribution in [2.24, 2.45) is 0 Å². The number of fused-ring (bicyclic) bond motifs is 1. The molecule has 3 rings (SSSR count). The van der Waals surface area contributed by atoms with Crippen molar-refractivity contribution in [1.29, 1.82) is 0 Å². The van der Waals surface area contributed by atoms with E-state index in [1.54, 1.807) is 0 Å². The minimum atomic E-state index is 1.05. The van der Waals surface area contributed by atoms with Crippen LogP contribution in [0.1, 0.15) is 16.7 Å². The standard InChI is InChI=1S/C20H20N2/c1-15-4-11-19-17(12-13-21-20(19)14-15)8-5-16-6-9-18(10-7-16)22(2)3/h4-14H,1-3H3/b8-5-. The van der Waals surface area contributed by atoms with E-state index in [-0.39, 0.29) is 0 Å². The average Bonchev–Trinajstić information content (AvgIpc) is 2.52. The Labute approximate surface area is 131 Å². The molecule has 0 atom stereocenters. The number of nitrogens with zero attached hydrogens (tertiary/aromatic N) is 2. The van der Waals surface area contributed by atoms with Crippen molar-refractivity contribution in [2.75, 3.05) is 19.0 Å². The summed E-state index contributed by atoms with van der Waals surface area (Å²) in [6.45, 7) is 2.09. The molecule has 2 aromatic carbocycles. The van der Waals surface area contributed by atoms with Gasteiger partial charge in [0.1, 0.15) is 0 Å². The van der Waals surface area contributed by atoms with Crippen LogP contribution >= 0.6 is 0 Å². The number of aromatic nitrogens is 1. The third-order valence-electron chi connectivity index (χ3n) is 3.80. The van der Waals surface area contributed by atoms with Gasteiger partial charge in [-0.2, -0.15) is 0 Å². The van der Waals surface area contributed by atoms with Crippen LogP contribution in [-0.4, -0.2) is 19.1 Å². The van der Waals surface area contributed by atoms with Crippen molar-refractivity contribution in [3.05, 3.63) is 71.4 Å². The Morgan fingerprint density at radius 1 is 0.909 bits per heavy atom. The van der Waals surface area contributed by atoms with Crippen LogP contribution in [0.15, 0.2) is 54.7 Å². The van der Waals surface area contributed by atoms with Gasteiger partial charge in [0.15, 0.2) is 0 Å². The van der Waals surface area contributed by atoms with Gasteiger partial charge in [-0.25, -0.2) is 0 Å². The molecule has 0 spiro atoms. The second-order valence-corrected chi connectivity index (χ2v) is 5.74. The highest BCUT2D eigenvalue weighted by Crippen LogP contribution is 2.21. The number of hydrogen-bond donors (Lipinski definition) is 0. The molecule has 0 aliphatic heterocycles. The van der Waals surface area contributed by atoms with E-state index in [2.05, 4.69) is 91.6 Å². The Hall–Kier alpha value is -2.61. The van der Waals surface area contributed by atoms with Crippen molar-refractivity contribution in [1.82, 2.24) is 4.98 Å². The van der Waals surface area contributed by atoms with E-state index < -0.39 is 0 Å². The molecule has 0 N–H and O–H groups in total. The molecule has 0 amide bonds. The Morgan fingerprint density at radius 3 is 2.41 bits per heavy atom. The van der Waals surface area contributed by atoms with Gasteiger partial charge in [0, 0.05) is 31.4 Å². The Bertz CT molecular complexity index is 815. The molecule has 0 fully saturated rings. The van der Waals surface area contributed by atoms with Crippen LogP contribution in [0.3, 0.4) is 0 Å².